The summed E-state index contributed by atoms with van der Waals surface area (Å²) in [7, 11) is 0. The summed E-state index contributed by atoms with van der Waals surface area (Å²) in [5.74, 6) is 0.0745. The smallest absolute Gasteiger partial charge is 0.324 e. The third-order valence-corrected chi connectivity index (χ3v) is 2.30. The van der Waals surface area contributed by atoms with Gasteiger partial charge in [-0.3, -0.25) is 0 Å². The van der Waals surface area contributed by atoms with Crippen LogP contribution in [0.5, 0.6) is 12.0 Å². The van der Waals surface area contributed by atoms with Crippen molar-refractivity contribution in [1.82, 2.24) is 15.0 Å². The van der Waals surface area contributed by atoms with Gasteiger partial charge in [0, 0.05) is 0 Å². The van der Waals surface area contributed by atoms with Crippen molar-refractivity contribution in [3.63, 3.8) is 0 Å². The first-order chi connectivity index (χ1) is 9.78. The van der Waals surface area contributed by atoms with Crippen LogP contribution in [0.4, 0.5) is 5.95 Å². The number of hydrogen-bond acceptors (Lipinski definition) is 6. The Kier molecular flexibility index (Phi) is 4.88. The summed E-state index contributed by atoms with van der Waals surface area (Å²) in [5.41, 5.74) is 6.64. The second-order valence-corrected chi connectivity index (χ2v) is 3.82. The normalized spacial score (nSPS) is 10.7. The van der Waals surface area contributed by atoms with E-state index in [1.54, 1.807) is 0 Å². The molecule has 0 saturated carbocycles. The standard InChI is InChI=1S/C14H16N4O2/c1-2-19-13-16-12(15)17-14(18-13)20-10-6-9-11-7-4-3-5-8-11/h3-9H,2,10H2,1H3,(H2,15,16,17,18)/b9-6+. The maximum absolute atomic E-state index is 5.54. The maximum atomic E-state index is 5.54. The number of nitrogen functional groups attached to an aromatic ring is 1. The fraction of sp³-hybridized carbons (Fsp3) is 0.214. The fourth-order valence-corrected chi connectivity index (χ4v) is 1.48. The lowest BCUT2D eigenvalue weighted by molar-refractivity contribution is 0.288. The minimum atomic E-state index is 0.0745. The van der Waals surface area contributed by atoms with E-state index in [2.05, 4.69) is 15.0 Å². The minimum absolute atomic E-state index is 0.0745. The van der Waals surface area contributed by atoms with Gasteiger partial charge in [-0.25, -0.2) is 0 Å². The molecule has 2 aromatic rings. The molecule has 1 aromatic heterocycles. The van der Waals surface area contributed by atoms with E-state index < -0.39 is 0 Å². The van der Waals surface area contributed by atoms with Gasteiger partial charge in [-0.2, -0.15) is 9.97 Å². The average molecular weight is 272 g/mol. The third-order valence-electron chi connectivity index (χ3n) is 2.30. The van der Waals surface area contributed by atoms with Gasteiger partial charge in [-0.1, -0.05) is 36.4 Å². The van der Waals surface area contributed by atoms with Gasteiger partial charge in [0.15, 0.2) is 0 Å². The molecule has 0 atom stereocenters. The van der Waals surface area contributed by atoms with E-state index in [1.807, 2.05) is 49.4 Å². The van der Waals surface area contributed by atoms with E-state index in [-0.39, 0.29) is 18.0 Å². The minimum Gasteiger partial charge on any atom is -0.464 e. The van der Waals surface area contributed by atoms with Crippen molar-refractivity contribution in [3.05, 3.63) is 42.0 Å². The zero-order valence-electron chi connectivity index (χ0n) is 11.2. The summed E-state index contributed by atoms with van der Waals surface area (Å²) >= 11 is 0. The molecule has 0 amide bonds. The van der Waals surface area contributed by atoms with Crippen LogP contribution in [0, 0.1) is 0 Å². The molecular weight excluding hydrogens is 256 g/mol. The summed E-state index contributed by atoms with van der Waals surface area (Å²) in [6.45, 7) is 2.63. The van der Waals surface area contributed by atoms with Crippen molar-refractivity contribution in [1.29, 1.82) is 0 Å². The lowest BCUT2D eigenvalue weighted by Gasteiger charge is -2.04. The zero-order chi connectivity index (χ0) is 14.2. The van der Waals surface area contributed by atoms with Crippen LogP contribution < -0.4 is 15.2 Å². The number of rotatable bonds is 6. The molecule has 0 fully saturated rings. The Hall–Kier alpha value is -2.63. The average Bonchev–Trinajstić information content (AvgIpc) is 2.45. The number of benzene rings is 1. The Labute approximate surface area is 117 Å². The molecule has 1 aromatic carbocycles. The van der Waals surface area contributed by atoms with Gasteiger partial charge in [0.1, 0.15) is 6.61 Å². The van der Waals surface area contributed by atoms with Crippen LogP contribution in [0.15, 0.2) is 36.4 Å². The van der Waals surface area contributed by atoms with Gasteiger partial charge in [0.05, 0.1) is 6.61 Å². The van der Waals surface area contributed by atoms with Crippen LogP contribution in [0.1, 0.15) is 12.5 Å². The van der Waals surface area contributed by atoms with Gasteiger partial charge < -0.3 is 15.2 Å². The first-order valence-corrected chi connectivity index (χ1v) is 6.26. The van der Waals surface area contributed by atoms with Crippen molar-refractivity contribution < 1.29 is 9.47 Å². The van der Waals surface area contributed by atoms with Crippen LogP contribution in [0.3, 0.4) is 0 Å². The predicted octanol–water partition coefficient (Wildman–Crippen LogP) is 1.94. The first kappa shape index (κ1) is 13.8. The summed E-state index contributed by atoms with van der Waals surface area (Å²) in [4.78, 5) is 11.7. The summed E-state index contributed by atoms with van der Waals surface area (Å²) in [6.07, 6.45) is 3.82. The number of aromatic nitrogens is 3. The van der Waals surface area contributed by atoms with E-state index in [0.29, 0.717) is 13.2 Å². The van der Waals surface area contributed by atoms with E-state index in [1.165, 1.54) is 0 Å². The molecule has 0 radical (unpaired) electrons. The highest BCUT2D eigenvalue weighted by atomic mass is 16.5. The van der Waals surface area contributed by atoms with Crippen molar-refractivity contribution in [2.45, 2.75) is 6.92 Å². The molecule has 2 N–H and O–H groups in total. The van der Waals surface area contributed by atoms with Crippen molar-refractivity contribution in [2.75, 3.05) is 18.9 Å². The molecule has 104 valence electrons. The number of nitrogens with two attached hydrogens (primary N) is 1. The first-order valence-electron chi connectivity index (χ1n) is 6.26. The van der Waals surface area contributed by atoms with E-state index in [4.69, 9.17) is 15.2 Å². The molecule has 6 heteroatoms. The van der Waals surface area contributed by atoms with E-state index >= 15 is 0 Å². The summed E-state index contributed by atoms with van der Waals surface area (Å²) in [6, 6.07) is 10.2. The second kappa shape index (κ2) is 7.08. The monoisotopic (exact) mass is 272 g/mol. The largest absolute Gasteiger partial charge is 0.464 e. The number of anilines is 1. The van der Waals surface area contributed by atoms with Crippen LogP contribution in [-0.4, -0.2) is 28.2 Å². The molecule has 0 aliphatic heterocycles. The molecule has 0 spiro atoms. The lowest BCUT2D eigenvalue weighted by atomic mass is 10.2. The van der Waals surface area contributed by atoms with Crippen molar-refractivity contribution in [2.24, 2.45) is 0 Å². The number of nitrogens with zero attached hydrogens (tertiary/aromatic N) is 3. The molecule has 0 aliphatic rings. The number of hydrogen-bond donors (Lipinski definition) is 1. The molecule has 0 unspecified atom stereocenters. The topological polar surface area (TPSA) is 83.2 Å². The van der Waals surface area contributed by atoms with Crippen LogP contribution in [0.25, 0.3) is 6.08 Å². The van der Waals surface area contributed by atoms with Gasteiger partial charge in [0.25, 0.3) is 0 Å². The summed E-state index contributed by atoms with van der Waals surface area (Å²) < 4.78 is 10.5. The number of ether oxygens (including phenoxy) is 2. The lowest BCUT2D eigenvalue weighted by Crippen LogP contribution is -2.06. The Balaban J connectivity index is 1.92. The highest BCUT2D eigenvalue weighted by Gasteiger charge is 2.05. The van der Waals surface area contributed by atoms with Crippen molar-refractivity contribution in [3.8, 4) is 12.0 Å². The van der Waals surface area contributed by atoms with Gasteiger partial charge in [0.2, 0.25) is 5.95 Å². The Bertz CT molecular complexity index is 573. The van der Waals surface area contributed by atoms with Crippen molar-refractivity contribution >= 4 is 12.0 Å². The molecule has 0 saturated heterocycles. The fourth-order valence-electron chi connectivity index (χ4n) is 1.48. The Morgan fingerprint density at radius 3 is 2.45 bits per heavy atom. The second-order valence-electron chi connectivity index (χ2n) is 3.82. The van der Waals surface area contributed by atoms with E-state index in [0.717, 1.165) is 5.56 Å². The van der Waals surface area contributed by atoms with Gasteiger partial charge in [-0.05, 0) is 18.6 Å². The van der Waals surface area contributed by atoms with Crippen LogP contribution >= 0.6 is 0 Å². The molecule has 20 heavy (non-hydrogen) atoms. The molecule has 6 nitrogen and oxygen atoms in total. The maximum Gasteiger partial charge on any atom is 0.324 e. The van der Waals surface area contributed by atoms with Gasteiger partial charge in [-0.15, -0.1) is 4.98 Å². The quantitative estimate of drug-likeness (QED) is 0.865. The summed E-state index contributed by atoms with van der Waals surface area (Å²) in [5, 5.41) is 0. The zero-order valence-corrected chi connectivity index (χ0v) is 11.2. The molecule has 2 rings (SSSR count). The van der Waals surface area contributed by atoms with Crippen LogP contribution in [0.2, 0.25) is 0 Å². The molecular formula is C14H16N4O2. The van der Waals surface area contributed by atoms with Crippen LogP contribution in [-0.2, 0) is 0 Å². The Morgan fingerprint density at radius 1 is 1.05 bits per heavy atom. The Morgan fingerprint density at radius 2 is 1.75 bits per heavy atom. The highest BCUT2D eigenvalue weighted by Crippen LogP contribution is 2.10. The molecule has 1 heterocycles. The highest BCUT2D eigenvalue weighted by molar-refractivity contribution is 5.48. The van der Waals surface area contributed by atoms with Gasteiger partial charge >= 0.3 is 12.0 Å². The third kappa shape index (κ3) is 4.24. The molecule has 0 aliphatic carbocycles. The SMILES string of the molecule is CCOc1nc(N)nc(OC/C=C/c2ccccc2)n1. The predicted molar refractivity (Wildman–Crippen MR) is 76.4 cm³/mol. The van der Waals surface area contributed by atoms with E-state index in [9.17, 15) is 0 Å². The molecule has 0 bridgehead atoms.